The number of methoxy groups -OCH3 is 1. The standard InChI is InChI=1S/C15H19N3O2/c1-15(2,3)13-9-12(17-18-13)14(19)16-10-6-5-7-11(8-10)20-4/h5-9H,1-4H3,(H,16,19)(H,17,18). The van der Waals surface area contributed by atoms with Gasteiger partial charge in [0.1, 0.15) is 5.75 Å². The highest BCUT2D eigenvalue weighted by atomic mass is 16.5. The molecule has 0 aliphatic rings. The van der Waals surface area contributed by atoms with Gasteiger partial charge in [0.15, 0.2) is 5.69 Å². The average Bonchev–Trinajstić information content (AvgIpc) is 2.88. The molecule has 0 atom stereocenters. The monoisotopic (exact) mass is 273 g/mol. The van der Waals surface area contributed by atoms with Crippen molar-refractivity contribution < 1.29 is 9.53 Å². The molecule has 20 heavy (non-hydrogen) atoms. The maximum absolute atomic E-state index is 12.1. The summed E-state index contributed by atoms with van der Waals surface area (Å²) in [4.78, 5) is 12.1. The van der Waals surface area contributed by atoms with Crippen LogP contribution in [0.4, 0.5) is 5.69 Å². The number of rotatable bonds is 3. The molecule has 0 bridgehead atoms. The molecule has 0 radical (unpaired) electrons. The van der Waals surface area contributed by atoms with Crippen LogP contribution in [0.3, 0.4) is 0 Å². The molecule has 0 unspecified atom stereocenters. The number of H-pyrrole nitrogens is 1. The number of hydrogen-bond acceptors (Lipinski definition) is 3. The molecule has 1 heterocycles. The molecule has 106 valence electrons. The topological polar surface area (TPSA) is 67.0 Å². The van der Waals surface area contributed by atoms with Crippen molar-refractivity contribution in [2.24, 2.45) is 0 Å². The second kappa shape index (κ2) is 5.36. The van der Waals surface area contributed by atoms with Crippen molar-refractivity contribution in [3.05, 3.63) is 41.7 Å². The van der Waals surface area contributed by atoms with Crippen molar-refractivity contribution in [2.75, 3.05) is 12.4 Å². The molecular formula is C15H19N3O2. The van der Waals surface area contributed by atoms with E-state index in [2.05, 4.69) is 36.3 Å². The molecule has 2 N–H and O–H groups in total. The van der Waals surface area contributed by atoms with E-state index in [-0.39, 0.29) is 11.3 Å². The number of aromatic amines is 1. The van der Waals surface area contributed by atoms with E-state index in [1.807, 2.05) is 12.1 Å². The van der Waals surface area contributed by atoms with Gasteiger partial charge >= 0.3 is 0 Å². The fourth-order valence-corrected chi connectivity index (χ4v) is 1.72. The van der Waals surface area contributed by atoms with Gasteiger partial charge in [-0.15, -0.1) is 0 Å². The van der Waals surface area contributed by atoms with E-state index in [9.17, 15) is 4.79 Å². The summed E-state index contributed by atoms with van der Waals surface area (Å²) in [6, 6.07) is 8.98. The van der Waals surface area contributed by atoms with Crippen LogP contribution in [0.1, 0.15) is 37.0 Å². The van der Waals surface area contributed by atoms with Crippen molar-refractivity contribution in [2.45, 2.75) is 26.2 Å². The molecule has 1 aromatic heterocycles. The van der Waals surface area contributed by atoms with Crippen LogP contribution in [0.15, 0.2) is 30.3 Å². The van der Waals surface area contributed by atoms with Crippen LogP contribution in [0.2, 0.25) is 0 Å². The van der Waals surface area contributed by atoms with Crippen molar-refractivity contribution in [3.63, 3.8) is 0 Å². The van der Waals surface area contributed by atoms with Crippen molar-refractivity contribution in [3.8, 4) is 5.75 Å². The first-order chi connectivity index (χ1) is 9.40. The Morgan fingerprint density at radius 3 is 2.65 bits per heavy atom. The van der Waals surface area contributed by atoms with Gasteiger partial charge in [0.05, 0.1) is 7.11 Å². The normalized spacial score (nSPS) is 11.2. The van der Waals surface area contributed by atoms with Crippen LogP contribution in [0.25, 0.3) is 0 Å². The minimum Gasteiger partial charge on any atom is -0.497 e. The van der Waals surface area contributed by atoms with Gasteiger partial charge in [-0.2, -0.15) is 5.10 Å². The third-order valence-corrected chi connectivity index (χ3v) is 2.95. The van der Waals surface area contributed by atoms with Gasteiger partial charge in [0, 0.05) is 22.9 Å². The molecule has 5 nitrogen and oxygen atoms in total. The molecule has 2 rings (SSSR count). The summed E-state index contributed by atoms with van der Waals surface area (Å²) in [6.07, 6.45) is 0. The van der Waals surface area contributed by atoms with Gasteiger partial charge in [-0.1, -0.05) is 26.8 Å². The highest BCUT2D eigenvalue weighted by molar-refractivity contribution is 6.03. The van der Waals surface area contributed by atoms with Crippen molar-refractivity contribution in [1.82, 2.24) is 10.2 Å². The Morgan fingerprint density at radius 1 is 1.30 bits per heavy atom. The van der Waals surface area contributed by atoms with E-state index < -0.39 is 0 Å². The number of hydrogen-bond donors (Lipinski definition) is 2. The van der Waals surface area contributed by atoms with Gasteiger partial charge in [-0.25, -0.2) is 0 Å². The number of amides is 1. The Kier molecular flexibility index (Phi) is 3.79. The van der Waals surface area contributed by atoms with Crippen LogP contribution in [0.5, 0.6) is 5.75 Å². The molecule has 5 heteroatoms. The van der Waals surface area contributed by atoms with Gasteiger partial charge in [-0.05, 0) is 18.2 Å². The lowest BCUT2D eigenvalue weighted by Crippen LogP contribution is -2.13. The Balaban J connectivity index is 2.13. The van der Waals surface area contributed by atoms with E-state index in [0.717, 1.165) is 5.69 Å². The molecule has 0 aliphatic carbocycles. The first-order valence-corrected chi connectivity index (χ1v) is 6.41. The zero-order chi connectivity index (χ0) is 14.8. The number of benzene rings is 1. The summed E-state index contributed by atoms with van der Waals surface area (Å²) < 4.78 is 5.12. The third-order valence-electron chi connectivity index (χ3n) is 2.95. The van der Waals surface area contributed by atoms with Crippen molar-refractivity contribution >= 4 is 11.6 Å². The predicted molar refractivity (Wildman–Crippen MR) is 78.2 cm³/mol. The van der Waals surface area contributed by atoms with Crippen LogP contribution < -0.4 is 10.1 Å². The van der Waals surface area contributed by atoms with Gasteiger partial charge in [0.2, 0.25) is 0 Å². The lowest BCUT2D eigenvalue weighted by molar-refractivity contribution is 0.102. The van der Waals surface area contributed by atoms with E-state index in [1.54, 1.807) is 25.3 Å². The molecule has 2 aromatic rings. The Labute approximate surface area is 118 Å². The number of ether oxygens (including phenoxy) is 1. The summed E-state index contributed by atoms with van der Waals surface area (Å²) >= 11 is 0. The van der Waals surface area contributed by atoms with Gasteiger partial charge < -0.3 is 10.1 Å². The maximum Gasteiger partial charge on any atom is 0.276 e. The zero-order valence-electron chi connectivity index (χ0n) is 12.2. The molecule has 1 amide bonds. The van der Waals surface area contributed by atoms with E-state index >= 15 is 0 Å². The second-order valence-corrected chi connectivity index (χ2v) is 5.60. The fraction of sp³-hybridized carbons (Fsp3) is 0.333. The third kappa shape index (κ3) is 3.17. The number of nitrogens with one attached hydrogen (secondary N) is 2. The number of anilines is 1. The molecule has 0 aliphatic heterocycles. The SMILES string of the molecule is COc1cccc(NC(=O)c2cc(C(C)(C)C)[nH]n2)c1. The quantitative estimate of drug-likeness (QED) is 0.903. The average molecular weight is 273 g/mol. The molecule has 0 spiro atoms. The van der Waals surface area contributed by atoms with Crippen LogP contribution in [-0.4, -0.2) is 23.2 Å². The van der Waals surface area contributed by atoms with Gasteiger partial charge in [0.25, 0.3) is 5.91 Å². The van der Waals surface area contributed by atoms with Crippen LogP contribution in [0, 0.1) is 0 Å². The number of carbonyl (C=O) groups excluding carboxylic acids is 1. The highest BCUT2D eigenvalue weighted by Gasteiger charge is 2.19. The van der Waals surface area contributed by atoms with Crippen LogP contribution >= 0.6 is 0 Å². The Hall–Kier alpha value is -2.30. The van der Waals surface area contributed by atoms with E-state index in [1.165, 1.54) is 0 Å². The first-order valence-electron chi connectivity index (χ1n) is 6.41. The zero-order valence-corrected chi connectivity index (χ0v) is 12.2. The molecule has 0 saturated carbocycles. The second-order valence-electron chi connectivity index (χ2n) is 5.60. The minimum absolute atomic E-state index is 0.0680. The summed E-state index contributed by atoms with van der Waals surface area (Å²) in [6.45, 7) is 6.18. The molecule has 1 aromatic carbocycles. The number of nitrogens with zero attached hydrogens (tertiary/aromatic N) is 1. The lowest BCUT2D eigenvalue weighted by Gasteiger charge is -2.14. The molecule has 0 fully saturated rings. The lowest BCUT2D eigenvalue weighted by atomic mass is 9.92. The summed E-state index contributed by atoms with van der Waals surface area (Å²) in [5.41, 5.74) is 1.90. The van der Waals surface area contributed by atoms with Gasteiger partial charge in [-0.3, -0.25) is 9.89 Å². The summed E-state index contributed by atoms with van der Waals surface area (Å²) in [5, 5.41) is 9.75. The van der Waals surface area contributed by atoms with Crippen LogP contribution in [-0.2, 0) is 5.41 Å². The molecular weight excluding hydrogens is 254 g/mol. The van der Waals surface area contributed by atoms with E-state index in [4.69, 9.17) is 4.74 Å². The van der Waals surface area contributed by atoms with E-state index in [0.29, 0.717) is 17.1 Å². The Morgan fingerprint density at radius 2 is 2.05 bits per heavy atom. The summed E-state index contributed by atoms with van der Waals surface area (Å²) in [7, 11) is 1.59. The smallest absolute Gasteiger partial charge is 0.276 e. The number of aromatic nitrogens is 2. The Bertz CT molecular complexity index is 612. The number of carbonyl (C=O) groups is 1. The van der Waals surface area contributed by atoms with Crippen molar-refractivity contribution in [1.29, 1.82) is 0 Å². The largest absolute Gasteiger partial charge is 0.497 e. The summed E-state index contributed by atoms with van der Waals surface area (Å²) in [5.74, 6) is 0.449. The maximum atomic E-state index is 12.1. The molecule has 0 saturated heterocycles. The minimum atomic E-state index is -0.245. The predicted octanol–water partition coefficient (Wildman–Crippen LogP) is 2.97. The highest BCUT2D eigenvalue weighted by Crippen LogP contribution is 2.21. The first kappa shape index (κ1) is 14.1. The fourth-order valence-electron chi connectivity index (χ4n) is 1.72.